The van der Waals surface area contributed by atoms with Gasteiger partial charge in [0, 0.05) is 18.8 Å². The van der Waals surface area contributed by atoms with Gasteiger partial charge in [-0.3, -0.25) is 0 Å². The first-order valence-corrected chi connectivity index (χ1v) is 5.99. The van der Waals surface area contributed by atoms with E-state index in [0.29, 0.717) is 5.75 Å². The summed E-state index contributed by atoms with van der Waals surface area (Å²) in [6.45, 7) is 0. The van der Waals surface area contributed by atoms with Crippen molar-refractivity contribution in [1.29, 1.82) is 0 Å². The maximum Gasteiger partial charge on any atom is 0.134 e. The maximum absolute atomic E-state index is 9.41. The summed E-state index contributed by atoms with van der Waals surface area (Å²) in [5.41, 5.74) is 0. The number of halogens is 2. The van der Waals surface area contributed by atoms with E-state index in [1.165, 1.54) is 3.57 Å². The summed E-state index contributed by atoms with van der Waals surface area (Å²) < 4.78 is 3.35. The molecule has 1 heterocycles. The van der Waals surface area contributed by atoms with Crippen molar-refractivity contribution in [3.8, 4) is 5.75 Å². The lowest BCUT2D eigenvalue weighted by atomic mass is 10.2. The van der Waals surface area contributed by atoms with Gasteiger partial charge in [-0.2, -0.15) is 0 Å². The van der Waals surface area contributed by atoms with E-state index in [-0.39, 0.29) is 0 Å². The van der Waals surface area contributed by atoms with Crippen molar-refractivity contribution in [2.45, 2.75) is 0 Å². The van der Waals surface area contributed by atoms with Crippen molar-refractivity contribution >= 4 is 59.9 Å². The van der Waals surface area contributed by atoms with Gasteiger partial charge in [0.2, 0.25) is 0 Å². The molecule has 0 aliphatic carbocycles. The average Bonchev–Trinajstić information content (AvgIpc) is 2.41. The Morgan fingerprint density at radius 1 is 1.42 bits per heavy atom. The van der Waals surface area contributed by atoms with Crippen molar-refractivity contribution in [2.75, 3.05) is 0 Å². The van der Waals surface area contributed by atoms with Gasteiger partial charge in [0.25, 0.3) is 0 Å². The molecule has 1 aromatic carbocycles. The Hall–Kier alpha value is 0.190. The fraction of sp³-hybridized carbons (Fsp3) is 0. The van der Waals surface area contributed by atoms with Crippen molar-refractivity contribution in [2.24, 2.45) is 0 Å². The second-order valence-electron chi connectivity index (χ2n) is 2.36. The Morgan fingerprint density at radius 2 is 2.17 bits per heavy atom. The SMILES string of the molecule is Oc1csc2c(Br)c(I)ccc12. The number of rotatable bonds is 0. The van der Waals surface area contributed by atoms with Crippen LogP contribution in [0.15, 0.2) is 22.0 Å². The van der Waals surface area contributed by atoms with Crippen LogP contribution in [0.3, 0.4) is 0 Å². The van der Waals surface area contributed by atoms with E-state index in [1.807, 2.05) is 12.1 Å². The summed E-state index contributed by atoms with van der Waals surface area (Å²) in [5.74, 6) is 0.368. The third-order valence-electron chi connectivity index (χ3n) is 1.61. The van der Waals surface area contributed by atoms with Crippen LogP contribution in [0.5, 0.6) is 5.75 Å². The van der Waals surface area contributed by atoms with Crippen molar-refractivity contribution in [3.63, 3.8) is 0 Å². The number of thiophene rings is 1. The largest absolute Gasteiger partial charge is 0.506 e. The molecule has 0 saturated carbocycles. The summed E-state index contributed by atoms with van der Waals surface area (Å²) in [6, 6.07) is 3.92. The van der Waals surface area contributed by atoms with E-state index in [4.69, 9.17) is 0 Å². The average molecular weight is 355 g/mol. The Kier molecular flexibility index (Phi) is 2.31. The smallest absolute Gasteiger partial charge is 0.134 e. The van der Waals surface area contributed by atoms with Crippen LogP contribution >= 0.6 is 49.9 Å². The highest BCUT2D eigenvalue weighted by molar-refractivity contribution is 14.1. The molecule has 0 fully saturated rings. The van der Waals surface area contributed by atoms with Gasteiger partial charge in [0.1, 0.15) is 5.75 Å². The Bertz CT molecular complexity index is 438. The van der Waals surface area contributed by atoms with Crippen LogP contribution in [0.2, 0.25) is 0 Å². The third-order valence-corrected chi connectivity index (χ3v) is 5.34. The highest BCUT2D eigenvalue weighted by Gasteiger charge is 2.07. The first-order valence-electron chi connectivity index (χ1n) is 3.24. The fourth-order valence-electron chi connectivity index (χ4n) is 1.03. The van der Waals surface area contributed by atoms with Crippen LogP contribution in [0.1, 0.15) is 0 Å². The standard InChI is InChI=1S/C8H4BrIOS/c9-7-5(10)2-1-4-6(11)3-12-8(4)7/h1-3,11H. The van der Waals surface area contributed by atoms with Crippen LogP contribution in [0, 0.1) is 3.57 Å². The van der Waals surface area contributed by atoms with Gasteiger partial charge in [0.15, 0.2) is 0 Å². The number of hydrogen-bond donors (Lipinski definition) is 1. The van der Waals surface area contributed by atoms with Crippen LogP contribution in [-0.2, 0) is 0 Å². The molecule has 2 aromatic rings. The number of fused-ring (bicyclic) bond motifs is 1. The zero-order valence-electron chi connectivity index (χ0n) is 5.84. The predicted molar refractivity (Wildman–Crippen MR) is 63.9 cm³/mol. The van der Waals surface area contributed by atoms with E-state index >= 15 is 0 Å². The zero-order valence-corrected chi connectivity index (χ0v) is 10.4. The van der Waals surface area contributed by atoms with Crippen LogP contribution in [-0.4, -0.2) is 5.11 Å². The van der Waals surface area contributed by atoms with E-state index < -0.39 is 0 Å². The van der Waals surface area contributed by atoms with Gasteiger partial charge in [-0.05, 0) is 50.7 Å². The molecule has 0 aliphatic rings. The molecule has 12 heavy (non-hydrogen) atoms. The van der Waals surface area contributed by atoms with Crippen molar-refractivity contribution in [3.05, 3.63) is 25.6 Å². The molecule has 1 N–H and O–H groups in total. The molecule has 0 radical (unpaired) electrons. The normalized spacial score (nSPS) is 10.8. The lowest BCUT2D eigenvalue weighted by Gasteiger charge is -1.96. The number of hydrogen-bond acceptors (Lipinski definition) is 2. The molecule has 2 rings (SSSR count). The lowest BCUT2D eigenvalue weighted by molar-refractivity contribution is 0.483. The highest BCUT2D eigenvalue weighted by Crippen LogP contribution is 2.38. The lowest BCUT2D eigenvalue weighted by Crippen LogP contribution is -1.73. The Morgan fingerprint density at radius 3 is 2.92 bits per heavy atom. The minimum absolute atomic E-state index is 0.368. The third kappa shape index (κ3) is 1.25. The zero-order chi connectivity index (χ0) is 8.72. The molecule has 62 valence electrons. The van der Waals surface area contributed by atoms with Gasteiger partial charge in [0.05, 0.1) is 4.70 Å². The predicted octanol–water partition coefficient (Wildman–Crippen LogP) is 3.97. The maximum atomic E-state index is 9.41. The van der Waals surface area contributed by atoms with E-state index in [1.54, 1.807) is 16.7 Å². The van der Waals surface area contributed by atoms with Crippen LogP contribution in [0.4, 0.5) is 0 Å². The molecule has 1 aromatic heterocycles. The molecule has 0 atom stereocenters. The van der Waals surface area contributed by atoms with E-state index in [9.17, 15) is 5.11 Å². The first-order chi connectivity index (χ1) is 5.70. The van der Waals surface area contributed by atoms with Gasteiger partial charge in [-0.25, -0.2) is 0 Å². The molecule has 1 nitrogen and oxygen atoms in total. The summed E-state index contributed by atoms with van der Waals surface area (Å²) >= 11 is 7.30. The molecule has 4 heteroatoms. The second kappa shape index (κ2) is 3.16. The molecule has 0 spiro atoms. The van der Waals surface area contributed by atoms with Crippen molar-refractivity contribution in [1.82, 2.24) is 0 Å². The summed E-state index contributed by atoms with van der Waals surface area (Å²) in [6.07, 6.45) is 0. The molecule has 0 amide bonds. The highest BCUT2D eigenvalue weighted by atomic mass is 127. The monoisotopic (exact) mass is 354 g/mol. The topological polar surface area (TPSA) is 20.2 Å². The summed E-state index contributed by atoms with van der Waals surface area (Å²) in [5, 5.41) is 12.1. The molecular formula is C8H4BrIOS. The Labute approximate surface area is 95.7 Å². The minimum atomic E-state index is 0.368. The Balaban J connectivity index is 2.93. The summed E-state index contributed by atoms with van der Waals surface area (Å²) in [4.78, 5) is 0. The minimum Gasteiger partial charge on any atom is -0.506 e. The van der Waals surface area contributed by atoms with Gasteiger partial charge in [-0.1, -0.05) is 0 Å². The van der Waals surface area contributed by atoms with Gasteiger partial charge >= 0.3 is 0 Å². The fourth-order valence-corrected chi connectivity index (χ4v) is 3.16. The van der Waals surface area contributed by atoms with E-state index in [0.717, 1.165) is 14.6 Å². The molecular weight excluding hydrogens is 351 g/mol. The number of benzene rings is 1. The molecule has 0 saturated heterocycles. The second-order valence-corrected chi connectivity index (χ2v) is 5.19. The van der Waals surface area contributed by atoms with Crippen LogP contribution in [0.25, 0.3) is 10.1 Å². The van der Waals surface area contributed by atoms with Gasteiger partial charge in [-0.15, -0.1) is 11.3 Å². The molecule has 0 unspecified atom stereocenters. The van der Waals surface area contributed by atoms with E-state index in [2.05, 4.69) is 38.5 Å². The van der Waals surface area contributed by atoms with Crippen LogP contribution < -0.4 is 0 Å². The van der Waals surface area contributed by atoms with Crippen molar-refractivity contribution < 1.29 is 5.11 Å². The number of aromatic hydroxyl groups is 1. The van der Waals surface area contributed by atoms with Gasteiger partial charge < -0.3 is 5.11 Å². The first kappa shape index (κ1) is 8.77. The molecule has 0 bridgehead atoms. The molecule has 0 aliphatic heterocycles. The summed E-state index contributed by atoms with van der Waals surface area (Å²) in [7, 11) is 0. The quantitative estimate of drug-likeness (QED) is 0.709.